The average molecular weight is 403 g/mol. The highest BCUT2D eigenvalue weighted by molar-refractivity contribution is 5.97. The minimum Gasteiger partial charge on any atom is -0.490 e. The van der Waals surface area contributed by atoms with Crippen LogP contribution in [-0.4, -0.2) is 60.2 Å². The Labute approximate surface area is 174 Å². The van der Waals surface area contributed by atoms with Crippen molar-refractivity contribution in [2.45, 2.75) is 64.6 Å². The van der Waals surface area contributed by atoms with E-state index in [1.807, 2.05) is 49.9 Å². The third-order valence-electron chi connectivity index (χ3n) is 5.60. The Hall–Kier alpha value is -2.24. The summed E-state index contributed by atoms with van der Waals surface area (Å²) in [5, 5.41) is 0. The van der Waals surface area contributed by atoms with E-state index in [9.17, 15) is 9.59 Å². The van der Waals surface area contributed by atoms with Crippen LogP contribution in [0.2, 0.25) is 0 Å². The van der Waals surface area contributed by atoms with Crippen LogP contribution >= 0.6 is 0 Å². The zero-order chi connectivity index (χ0) is 21.0. The second-order valence-corrected chi connectivity index (χ2v) is 9.26. The number of likely N-dealkylation sites (tertiary alicyclic amines) is 1. The molecule has 1 saturated carbocycles. The van der Waals surface area contributed by atoms with Crippen molar-refractivity contribution in [3.8, 4) is 5.75 Å². The van der Waals surface area contributed by atoms with Gasteiger partial charge in [-0.15, -0.1) is 0 Å². The van der Waals surface area contributed by atoms with E-state index in [0.29, 0.717) is 36.9 Å². The van der Waals surface area contributed by atoms with Crippen molar-refractivity contribution in [2.75, 3.05) is 26.7 Å². The standard InChI is InChI=1S/C23H34N2O4/c1-23(2,3)29-22(27)24(4)16-17-12-14-25(15-13-17)21(26)19-10-5-6-11-20(19)28-18-8-7-9-18/h5-6,10-11,17-18H,7-9,12-16H2,1-4H3. The molecular weight excluding hydrogens is 368 g/mol. The molecule has 1 aliphatic carbocycles. The van der Waals surface area contributed by atoms with Gasteiger partial charge in [-0.25, -0.2) is 4.79 Å². The Balaban J connectivity index is 1.52. The Kier molecular flexibility index (Phi) is 6.70. The molecule has 1 saturated heterocycles. The Morgan fingerprint density at radius 2 is 1.76 bits per heavy atom. The van der Waals surface area contributed by atoms with Crippen LogP contribution < -0.4 is 4.74 Å². The number of hydrogen-bond acceptors (Lipinski definition) is 4. The van der Waals surface area contributed by atoms with Crippen LogP contribution in [0.1, 0.15) is 63.2 Å². The smallest absolute Gasteiger partial charge is 0.410 e. The van der Waals surface area contributed by atoms with Crippen LogP contribution in [0, 0.1) is 5.92 Å². The van der Waals surface area contributed by atoms with Crippen LogP contribution in [0.25, 0.3) is 0 Å². The molecule has 0 bridgehead atoms. The first-order valence-electron chi connectivity index (χ1n) is 10.7. The highest BCUT2D eigenvalue weighted by atomic mass is 16.6. The molecule has 1 aliphatic heterocycles. The van der Waals surface area contributed by atoms with Gasteiger partial charge in [0.2, 0.25) is 0 Å². The first-order chi connectivity index (χ1) is 13.7. The summed E-state index contributed by atoms with van der Waals surface area (Å²) in [6.45, 7) is 7.66. The van der Waals surface area contributed by atoms with Gasteiger partial charge < -0.3 is 19.3 Å². The summed E-state index contributed by atoms with van der Waals surface area (Å²) >= 11 is 0. The Morgan fingerprint density at radius 1 is 1.10 bits per heavy atom. The Morgan fingerprint density at radius 3 is 2.34 bits per heavy atom. The molecule has 29 heavy (non-hydrogen) atoms. The third kappa shape index (κ3) is 5.87. The summed E-state index contributed by atoms with van der Waals surface area (Å²) in [6.07, 6.45) is 5.05. The van der Waals surface area contributed by atoms with E-state index in [4.69, 9.17) is 9.47 Å². The number of nitrogens with zero attached hydrogens (tertiary/aromatic N) is 2. The summed E-state index contributed by atoms with van der Waals surface area (Å²) in [5.41, 5.74) is 0.166. The molecule has 0 N–H and O–H groups in total. The molecule has 6 nitrogen and oxygen atoms in total. The molecule has 3 rings (SSSR count). The van der Waals surface area contributed by atoms with Crippen molar-refractivity contribution in [1.82, 2.24) is 9.80 Å². The lowest BCUT2D eigenvalue weighted by Gasteiger charge is -2.35. The first kappa shape index (κ1) is 21.5. The van der Waals surface area contributed by atoms with Crippen molar-refractivity contribution in [1.29, 1.82) is 0 Å². The van der Waals surface area contributed by atoms with Crippen LogP contribution in [0.15, 0.2) is 24.3 Å². The van der Waals surface area contributed by atoms with Crippen LogP contribution in [0.4, 0.5) is 4.79 Å². The van der Waals surface area contributed by atoms with Gasteiger partial charge in [0.25, 0.3) is 5.91 Å². The quantitative estimate of drug-likeness (QED) is 0.735. The maximum atomic E-state index is 13.1. The van der Waals surface area contributed by atoms with Gasteiger partial charge in [0, 0.05) is 26.7 Å². The van der Waals surface area contributed by atoms with Gasteiger partial charge in [-0.1, -0.05) is 12.1 Å². The molecule has 0 atom stereocenters. The van der Waals surface area contributed by atoms with E-state index in [1.165, 1.54) is 6.42 Å². The molecule has 1 aromatic rings. The maximum Gasteiger partial charge on any atom is 0.410 e. The number of hydrogen-bond donors (Lipinski definition) is 0. The predicted octanol–water partition coefficient (Wildman–Crippen LogP) is 4.34. The predicted molar refractivity (Wildman–Crippen MR) is 112 cm³/mol. The minimum atomic E-state index is -0.490. The second-order valence-electron chi connectivity index (χ2n) is 9.26. The number of rotatable bonds is 5. The van der Waals surface area contributed by atoms with Crippen molar-refractivity contribution >= 4 is 12.0 Å². The van der Waals surface area contributed by atoms with Gasteiger partial charge in [0.15, 0.2) is 0 Å². The fourth-order valence-electron chi connectivity index (χ4n) is 3.70. The van der Waals surface area contributed by atoms with Gasteiger partial charge in [0.05, 0.1) is 11.7 Å². The molecule has 6 heteroatoms. The van der Waals surface area contributed by atoms with Crippen molar-refractivity contribution in [3.05, 3.63) is 29.8 Å². The number of para-hydroxylation sites is 1. The SMILES string of the molecule is CN(CC1CCN(C(=O)c2ccccc2OC2CCC2)CC1)C(=O)OC(C)(C)C. The summed E-state index contributed by atoms with van der Waals surface area (Å²) in [7, 11) is 1.78. The maximum absolute atomic E-state index is 13.1. The number of benzene rings is 1. The monoisotopic (exact) mass is 402 g/mol. The van der Waals surface area contributed by atoms with E-state index in [1.54, 1.807) is 11.9 Å². The molecule has 0 unspecified atom stereocenters. The fraction of sp³-hybridized carbons (Fsp3) is 0.652. The second kappa shape index (κ2) is 9.06. The normalized spacial score (nSPS) is 18.1. The molecular formula is C23H34N2O4. The molecule has 2 fully saturated rings. The van der Waals surface area contributed by atoms with Gasteiger partial charge in [-0.2, -0.15) is 0 Å². The molecule has 0 spiro atoms. The van der Waals surface area contributed by atoms with E-state index in [0.717, 1.165) is 25.7 Å². The molecule has 0 radical (unpaired) electrons. The number of ether oxygens (including phenoxy) is 2. The summed E-state index contributed by atoms with van der Waals surface area (Å²) in [4.78, 5) is 28.8. The van der Waals surface area contributed by atoms with Crippen LogP contribution in [0.5, 0.6) is 5.75 Å². The molecule has 2 amide bonds. The van der Waals surface area contributed by atoms with E-state index >= 15 is 0 Å². The van der Waals surface area contributed by atoms with Crippen molar-refractivity contribution in [3.63, 3.8) is 0 Å². The van der Waals surface area contributed by atoms with Crippen molar-refractivity contribution in [2.24, 2.45) is 5.92 Å². The van der Waals surface area contributed by atoms with Crippen LogP contribution in [-0.2, 0) is 4.74 Å². The number of amides is 2. The highest BCUT2D eigenvalue weighted by Gasteiger charge is 2.29. The summed E-state index contributed by atoms with van der Waals surface area (Å²) in [5.74, 6) is 1.12. The molecule has 0 aromatic heterocycles. The number of piperidine rings is 1. The van der Waals surface area contributed by atoms with Gasteiger partial charge >= 0.3 is 6.09 Å². The summed E-state index contributed by atoms with van der Waals surface area (Å²) < 4.78 is 11.5. The van der Waals surface area contributed by atoms with E-state index in [2.05, 4.69) is 0 Å². The number of carbonyl (C=O) groups excluding carboxylic acids is 2. The number of carbonyl (C=O) groups is 2. The molecule has 160 valence electrons. The van der Waals surface area contributed by atoms with Crippen LogP contribution in [0.3, 0.4) is 0 Å². The lowest BCUT2D eigenvalue weighted by atomic mass is 9.95. The van der Waals surface area contributed by atoms with Gasteiger partial charge in [-0.05, 0) is 70.9 Å². The molecule has 1 aromatic carbocycles. The van der Waals surface area contributed by atoms with E-state index in [-0.39, 0.29) is 18.1 Å². The molecule has 2 aliphatic rings. The largest absolute Gasteiger partial charge is 0.490 e. The van der Waals surface area contributed by atoms with Gasteiger partial charge in [-0.3, -0.25) is 4.79 Å². The van der Waals surface area contributed by atoms with Gasteiger partial charge in [0.1, 0.15) is 11.4 Å². The minimum absolute atomic E-state index is 0.0406. The lowest BCUT2D eigenvalue weighted by Crippen LogP contribution is -2.43. The lowest BCUT2D eigenvalue weighted by molar-refractivity contribution is 0.0245. The molecule has 1 heterocycles. The van der Waals surface area contributed by atoms with E-state index < -0.39 is 5.60 Å². The van der Waals surface area contributed by atoms with Crippen molar-refractivity contribution < 1.29 is 19.1 Å². The first-order valence-corrected chi connectivity index (χ1v) is 10.7. The average Bonchev–Trinajstić information content (AvgIpc) is 2.63. The zero-order valence-corrected chi connectivity index (χ0v) is 18.1. The highest BCUT2D eigenvalue weighted by Crippen LogP contribution is 2.29. The Bertz CT molecular complexity index is 716. The fourth-order valence-corrected chi connectivity index (χ4v) is 3.70. The zero-order valence-electron chi connectivity index (χ0n) is 18.1. The third-order valence-corrected chi connectivity index (χ3v) is 5.60. The summed E-state index contributed by atoms with van der Waals surface area (Å²) in [6, 6.07) is 7.57. The topological polar surface area (TPSA) is 59.1 Å².